The number of piperidine rings is 1. The van der Waals surface area contributed by atoms with E-state index in [0.29, 0.717) is 51.4 Å². The van der Waals surface area contributed by atoms with Crippen LogP contribution in [0.5, 0.6) is 0 Å². The summed E-state index contributed by atoms with van der Waals surface area (Å²) in [6.07, 6.45) is 3.43. The highest BCUT2D eigenvalue weighted by Crippen LogP contribution is 2.35. The average Bonchev–Trinajstić information content (AvgIpc) is 2.84. The Hall–Kier alpha value is -2.94. The zero-order chi connectivity index (χ0) is 24.2. The van der Waals surface area contributed by atoms with Gasteiger partial charge in [-0.25, -0.2) is 14.5 Å². The number of nitrogens with one attached hydrogen (secondary N) is 1. The van der Waals surface area contributed by atoms with Gasteiger partial charge >= 0.3 is 12.0 Å². The Kier molecular flexibility index (Phi) is 7.50. The highest BCUT2D eigenvalue weighted by atomic mass is 16.4. The Balaban J connectivity index is 1.28. The number of imide groups is 1. The number of nitrogens with zero attached hydrogens (tertiary/aromatic N) is 3. The first kappa shape index (κ1) is 24.2. The second-order valence-electron chi connectivity index (χ2n) is 9.67. The molecule has 4 amide bonds. The molecule has 3 aliphatic heterocycles. The SMILES string of the molecule is Cc1cccc(CCC(=O)N2CCN(C(=O)N3C(=O)[C@H](CC4CCNCC4)[C@H]3C(=O)O)CC2)c1. The van der Waals surface area contributed by atoms with Crippen LogP contribution in [0.3, 0.4) is 0 Å². The van der Waals surface area contributed by atoms with E-state index in [9.17, 15) is 24.3 Å². The molecule has 1 aromatic rings. The molecule has 184 valence electrons. The second-order valence-corrected chi connectivity index (χ2v) is 9.67. The molecule has 0 radical (unpaired) electrons. The van der Waals surface area contributed by atoms with Crippen molar-refractivity contribution in [2.24, 2.45) is 11.8 Å². The van der Waals surface area contributed by atoms with Gasteiger partial charge in [-0.05, 0) is 57.2 Å². The third-order valence-electron chi connectivity index (χ3n) is 7.33. The third kappa shape index (κ3) is 5.24. The average molecular weight is 471 g/mol. The van der Waals surface area contributed by atoms with Crippen molar-refractivity contribution in [1.82, 2.24) is 20.0 Å². The second kappa shape index (κ2) is 10.5. The lowest BCUT2D eigenvalue weighted by Gasteiger charge is -2.47. The van der Waals surface area contributed by atoms with Crippen molar-refractivity contribution in [1.29, 1.82) is 0 Å². The highest BCUT2D eigenvalue weighted by Gasteiger charge is 2.56. The summed E-state index contributed by atoms with van der Waals surface area (Å²) in [5.74, 6) is -1.79. The first-order valence-electron chi connectivity index (χ1n) is 12.2. The van der Waals surface area contributed by atoms with Crippen molar-refractivity contribution in [3.05, 3.63) is 35.4 Å². The lowest BCUT2D eigenvalue weighted by atomic mass is 9.78. The van der Waals surface area contributed by atoms with Crippen LogP contribution in [0.25, 0.3) is 0 Å². The van der Waals surface area contributed by atoms with E-state index in [-0.39, 0.29) is 11.8 Å². The molecular formula is C25H34N4O5. The van der Waals surface area contributed by atoms with Gasteiger partial charge in [-0.3, -0.25) is 9.59 Å². The Bertz CT molecular complexity index is 937. The number of carboxylic acid groups (broad SMARTS) is 1. The van der Waals surface area contributed by atoms with Crippen LogP contribution in [0, 0.1) is 18.8 Å². The molecule has 9 nitrogen and oxygen atoms in total. The van der Waals surface area contributed by atoms with E-state index in [1.807, 2.05) is 25.1 Å². The molecule has 0 saturated carbocycles. The van der Waals surface area contributed by atoms with Crippen molar-refractivity contribution in [3.63, 3.8) is 0 Å². The largest absolute Gasteiger partial charge is 0.480 e. The van der Waals surface area contributed by atoms with E-state index in [2.05, 4.69) is 11.4 Å². The fourth-order valence-corrected chi connectivity index (χ4v) is 5.33. The van der Waals surface area contributed by atoms with Crippen LogP contribution in [0.1, 0.15) is 36.8 Å². The molecular weight excluding hydrogens is 436 g/mol. The normalized spacial score (nSPS) is 23.6. The molecule has 0 spiro atoms. The predicted octanol–water partition coefficient (Wildman–Crippen LogP) is 1.49. The molecule has 1 aromatic carbocycles. The van der Waals surface area contributed by atoms with Gasteiger partial charge in [-0.15, -0.1) is 0 Å². The number of piperazine rings is 1. The smallest absolute Gasteiger partial charge is 0.327 e. The number of β-lactam (4-membered cyclic amide) rings is 1. The number of carbonyl (C=O) groups is 4. The molecule has 3 aliphatic rings. The van der Waals surface area contributed by atoms with E-state index >= 15 is 0 Å². The number of rotatable bonds is 6. The Morgan fingerprint density at radius 2 is 1.74 bits per heavy atom. The quantitative estimate of drug-likeness (QED) is 0.610. The van der Waals surface area contributed by atoms with Crippen molar-refractivity contribution < 1.29 is 24.3 Å². The summed E-state index contributed by atoms with van der Waals surface area (Å²) in [5.41, 5.74) is 2.28. The van der Waals surface area contributed by atoms with Gasteiger partial charge in [0, 0.05) is 32.6 Å². The molecule has 0 unspecified atom stereocenters. The summed E-state index contributed by atoms with van der Waals surface area (Å²) in [6.45, 7) is 5.14. The van der Waals surface area contributed by atoms with Crippen LogP contribution >= 0.6 is 0 Å². The van der Waals surface area contributed by atoms with Crippen LogP contribution < -0.4 is 5.32 Å². The lowest BCUT2D eigenvalue weighted by molar-refractivity contribution is -0.167. The number of hydrogen-bond donors (Lipinski definition) is 2. The Labute approximate surface area is 200 Å². The highest BCUT2D eigenvalue weighted by molar-refractivity contribution is 6.07. The van der Waals surface area contributed by atoms with E-state index < -0.39 is 24.0 Å². The standard InChI is InChI=1S/C25H34N4O5/c1-17-3-2-4-18(15-17)5-6-21(30)27-11-13-28(14-12-27)25(34)29-22(24(32)33)20(23(29)31)16-19-7-9-26-10-8-19/h2-4,15,19-20,22,26H,5-14,16H2,1H3,(H,32,33)/t20-,22+/m1/s1. The topological polar surface area (TPSA) is 110 Å². The summed E-state index contributed by atoms with van der Waals surface area (Å²) in [6, 6.07) is 6.45. The van der Waals surface area contributed by atoms with Crippen LogP contribution in [0.4, 0.5) is 4.79 Å². The minimum atomic E-state index is -1.13. The summed E-state index contributed by atoms with van der Waals surface area (Å²) >= 11 is 0. The number of urea groups is 1. The number of hydrogen-bond acceptors (Lipinski definition) is 5. The molecule has 2 atom stereocenters. The number of likely N-dealkylation sites (tertiary alicyclic amines) is 1. The fraction of sp³-hybridized carbons (Fsp3) is 0.600. The van der Waals surface area contributed by atoms with Gasteiger partial charge in [0.05, 0.1) is 5.92 Å². The van der Waals surface area contributed by atoms with Gasteiger partial charge in [0.1, 0.15) is 0 Å². The Morgan fingerprint density at radius 3 is 2.38 bits per heavy atom. The van der Waals surface area contributed by atoms with E-state index in [1.165, 1.54) is 4.90 Å². The van der Waals surface area contributed by atoms with Crippen LogP contribution in [0.15, 0.2) is 24.3 Å². The molecule has 2 N–H and O–H groups in total. The maximum absolute atomic E-state index is 13.0. The van der Waals surface area contributed by atoms with Gasteiger partial charge in [-0.1, -0.05) is 29.8 Å². The zero-order valence-corrected chi connectivity index (χ0v) is 19.7. The molecule has 34 heavy (non-hydrogen) atoms. The van der Waals surface area contributed by atoms with Gasteiger partial charge in [-0.2, -0.15) is 0 Å². The maximum atomic E-state index is 13.0. The monoisotopic (exact) mass is 470 g/mol. The summed E-state index contributed by atoms with van der Waals surface area (Å²) in [7, 11) is 0. The first-order valence-corrected chi connectivity index (χ1v) is 12.2. The molecule has 3 saturated heterocycles. The van der Waals surface area contributed by atoms with E-state index in [1.54, 1.807) is 4.90 Å². The van der Waals surface area contributed by atoms with Gasteiger partial charge in [0.15, 0.2) is 6.04 Å². The fourth-order valence-electron chi connectivity index (χ4n) is 5.33. The van der Waals surface area contributed by atoms with Crippen molar-refractivity contribution >= 4 is 23.8 Å². The molecule has 0 aliphatic carbocycles. The number of benzene rings is 1. The van der Waals surface area contributed by atoms with Crippen molar-refractivity contribution in [2.45, 2.75) is 45.1 Å². The molecule has 3 fully saturated rings. The third-order valence-corrected chi connectivity index (χ3v) is 7.33. The predicted molar refractivity (Wildman–Crippen MR) is 125 cm³/mol. The van der Waals surface area contributed by atoms with Gasteiger partial charge in [0.2, 0.25) is 11.8 Å². The molecule has 0 aromatic heterocycles. The number of aryl methyl sites for hydroxylation is 2. The molecule has 3 heterocycles. The molecule has 4 rings (SSSR count). The first-order chi connectivity index (χ1) is 16.3. The minimum Gasteiger partial charge on any atom is -0.480 e. The lowest BCUT2D eigenvalue weighted by Crippen LogP contribution is -2.69. The van der Waals surface area contributed by atoms with E-state index in [4.69, 9.17) is 0 Å². The van der Waals surface area contributed by atoms with Gasteiger partial charge in [0.25, 0.3) is 0 Å². The Morgan fingerprint density at radius 1 is 1.06 bits per heavy atom. The minimum absolute atomic E-state index is 0.0408. The number of aliphatic carboxylic acids is 1. The van der Waals surface area contributed by atoms with Crippen LogP contribution in [-0.2, 0) is 20.8 Å². The van der Waals surface area contributed by atoms with Crippen molar-refractivity contribution in [2.75, 3.05) is 39.3 Å². The summed E-state index contributed by atoms with van der Waals surface area (Å²) in [4.78, 5) is 54.5. The van der Waals surface area contributed by atoms with Gasteiger partial charge < -0.3 is 20.2 Å². The molecule has 0 bridgehead atoms. The van der Waals surface area contributed by atoms with Crippen molar-refractivity contribution in [3.8, 4) is 0 Å². The zero-order valence-electron chi connectivity index (χ0n) is 19.7. The number of carboxylic acids is 1. The van der Waals surface area contributed by atoms with Crippen LogP contribution in [0.2, 0.25) is 0 Å². The number of carbonyl (C=O) groups excluding carboxylic acids is 3. The van der Waals surface area contributed by atoms with Crippen LogP contribution in [-0.4, -0.2) is 88.9 Å². The summed E-state index contributed by atoms with van der Waals surface area (Å²) in [5, 5.41) is 13.0. The maximum Gasteiger partial charge on any atom is 0.327 e. The number of amides is 4. The summed E-state index contributed by atoms with van der Waals surface area (Å²) < 4.78 is 0. The molecule has 9 heteroatoms. The van der Waals surface area contributed by atoms with E-state index in [0.717, 1.165) is 42.0 Å².